The minimum atomic E-state index is 0.379. The number of nitrogens with zero attached hydrogens (tertiary/aromatic N) is 3. The van der Waals surface area contributed by atoms with E-state index in [1.165, 1.54) is 19.3 Å². The Hall–Kier alpha value is -0.830. The normalized spacial score (nSPS) is 22.6. The van der Waals surface area contributed by atoms with Crippen molar-refractivity contribution in [2.75, 3.05) is 18.0 Å². The molecule has 3 rings (SSSR count). The third-order valence-electron chi connectivity index (χ3n) is 4.00. The smallest absolute Gasteiger partial charge is 0.137 e. The first-order chi connectivity index (χ1) is 8.46. The Bertz CT molecular complexity index is 480. The van der Waals surface area contributed by atoms with Crippen LogP contribution in [0.4, 0.5) is 5.82 Å². The van der Waals surface area contributed by atoms with Crippen molar-refractivity contribution in [2.45, 2.75) is 46.0 Å². The Morgan fingerprint density at radius 3 is 2.56 bits per heavy atom. The minimum Gasteiger partial charge on any atom is -0.356 e. The number of anilines is 1. The second-order valence-electron chi connectivity index (χ2n) is 6.43. The molecule has 0 N–H and O–H groups in total. The zero-order valence-electron chi connectivity index (χ0n) is 11.3. The van der Waals surface area contributed by atoms with Gasteiger partial charge in [-0.1, -0.05) is 25.4 Å². The van der Waals surface area contributed by atoms with Crippen molar-refractivity contribution in [2.24, 2.45) is 5.41 Å². The zero-order valence-corrected chi connectivity index (χ0v) is 12.1. The van der Waals surface area contributed by atoms with Crippen molar-refractivity contribution in [3.8, 4) is 0 Å². The van der Waals surface area contributed by atoms with E-state index in [0.29, 0.717) is 16.5 Å². The molecule has 2 fully saturated rings. The highest BCUT2D eigenvalue weighted by atomic mass is 35.5. The predicted molar refractivity (Wildman–Crippen MR) is 74.4 cm³/mol. The summed E-state index contributed by atoms with van der Waals surface area (Å²) in [4.78, 5) is 11.6. The molecule has 0 spiro atoms. The van der Waals surface area contributed by atoms with Crippen LogP contribution >= 0.6 is 11.6 Å². The molecule has 98 valence electrons. The fourth-order valence-electron chi connectivity index (χ4n) is 2.62. The highest BCUT2D eigenvalue weighted by molar-refractivity contribution is 6.30. The molecule has 3 nitrogen and oxygen atoms in total. The van der Waals surface area contributed by atoms with Gasteiger partial charge in [-0.2, -0.15) is 0 Å². The van der Waals surface area contributed by atoms with E-state index in [2.05, 4.69) is 23.7 Å². The summed E-state index contributed by atoms with van der Waals surface area (Å²) in [5.41, 5.74) is 1.41. The van der Waals surface area contributed by atoms with Crippen LogP contribution in [0.25, 0.3) is 0 Å². The zero-order chi connectivity index (χ0) is 12.9. The molecule has 4 heteroatoms. The standard InChI is InChI=1S/C14H20ClN3/c1-9-11(15)16-12(10-4-5-10)17-13(9)18-7-6-14(2,3)8-18/h10H,4-8H2,1-3H3. The Balaban J connectivity index is 1.95. The molecule has 0 bridgehead atoms. The molecule has 1 saturated carbocycles. The second-order valence-corrected chi connectivity index (χ2v) is 6.79. The quantitative estimate of drug-likeness (QED) is 0.766. The fraction of sp³-hybridized carbons (Fsp3) is 0.714. The lowest BCUT2D eigenvalue weighted by Gasteiger charge is -2.23. The highest BCUT2D eigenvalue weighted by Gasteiger charge is 2.33. The van der Waals surface area contributed by atoms with Crippen LogP contribution in [0.15, 0.2) is 0 Å². The number of aromatic nitrogens is 2. The molecule has 1 saturated heterocycles. The molecule has 0 amide bonds. The van der Waals surface area contributed by atoms with Gasteiger partial charge in [0.15, 0.2) is 0 Å². The van der Waals surface area contributed by atoms with Crippen molar-refractivity contribution in [3.05, 3.63) is 16.5 Å². The maximum Gasteiger partial charge on any atom is 0.137 e. The summed E-state index contributed by atoms with van der Waals surface area (Å²) in [6.45, 7) is 8.79. The van der Waals surface area contributed by atoms with Gasteiger partial charge in [-0.15, -0.1) is 0 Å². The van der Waals surface area contributed by atoms with Crippen LogP contribution in [0.1, 0.15) is 50.4 Å². The van der Waals surface area contributed by atoms with Crippen LogP contribution in [0.3, 0.4) is 0 Å². The lowest BCUT2D eigenvalue weighted by atomic mass is 9.93. The molecule has 1 aliphatic heterocycles. The molecule has 18 heavy (non-hydrogen) atoms. The summed E-state index contributed by atoms with van der Waals surface area (Å²) in [5, 5.41) is 0.631. The molecule has 0 radical (unpaired) electrons. The van der Waals surface area contributed by atoms with Crippen molar-refractivity contribution in [1.29, 1.82) is 0 Å². The maximum absolute atomic E-state index is 6.26. The molecule has 2 aliphatic rings. The van der Waals surface area contributed by atoms with E-state index in [1.54, 1.807) is 0 Å². The maximum atomic E-state index is 6.26. The Morgan fingerprint density at radius 2 is 2.00 bits per heavy atom. The molecule has 0 unspecified atom stereocenters. The van der Waals surface area contributed by atoms with Crippen LogP contribution in [0, 0.1) is 12.3 Å². The largest absolute Gasteiger partial charge is 0.356 e. The van der Waals surface area contributed by atoms with Crippen molar-refractivity contribution < 1.29 is 0 Å². The molecule has 0 aromatic carbocycles. The first-order valence-electron chi connectivity index (χ1n) is 6.75. The second kappa shape index (κ2) is 4.09. The topological polar surface area (TPSA) is 29.0 Å². The van der Waals surface area contributed by atoms with E-state index >= 15 is 0 Å². The van der Waals surface area contributed by atoms with Gasteiger partial charge in [0.1, 0.15) is 16.8 Å². The summed E-state index contributed by atoms with van der Waals surface area (Å²) in [5.74, 6) is 2.56. The minimum absolute atomic E-state index is 0.379. The Kier molecular flexibility index (Phi) is 2.77. The van der Waals surface area contributed by atoms with Crippen LogP contribution < -0.4 is 4.90 Å². The Morgan fingerprint density at radius 1 is 1.28 bits per heavy atom. The molecule has 0 atom stereocenters. The van der Waals surface area contributed by atoms with Gasteiger partial charge < -0.3 is 4.90 Å². The lowest BCUT2D eigenvalue weighted by Crippen LogP contribution is -2.25. The van der Waals surface area contributed by atoms with Crippen molar-refractivity contribution in [3.63, 3.8) is 0 Å². The van der Waals surface area contributed by atoms with E-state index in [4.69, 9.17) is 16.6 Å². The molecule has 1 aliphatic carbocycles. The summed E-state index contributed by atoms with van der Waals surface area (Å²) in [6.07, 6.45) is 3.64. The fourth-order valence-corrected chi connectivity index (χ4v) is 2.79. The van der Waals surface area contributed by atoms with Gasteiger partial charge in [0.05, 0.1) is 0 Å². The number of rotatable bonds is 2. The lowest BCUT2D eigenvalue weighted by molar-refractivity contribution is 0.418. The molecular weight excluding hydrogens is 246 g/mol. The highest BCUT2D eigenvalue weighted by Crippen LogP contribution is 2.41. The summed E-state index contributed by atoms with van der Waals surface area (Å²) in [7, 11) is 0. The summed E-state index contributed by atoms with van der Waals surface area (Å²) in [6, 6.07) is 0. The monoisotopic (exact) mass is 265 g/mol. The van der Waals surface area contributed by atoms with E-state index in [9.17, 15) is 0 Å². The van der Waals surface area contributed by atoms with Gasteiger partial charge in [0, 0.05) is 24.6 Å². The SMILES string of the molecule is Cc1c(Cl)nc(C2CC2)nc1N1CCC(C)(C)C1. The van der Waals surface area contributed by atoms with E-state index in [-0.39, 0.29) is 0 Å². The average Bonchev–Trinajstić information content (AvgIpc) is 3.07. The molecule has 1 aromatic heterocycles. The van der Waals surface area contributed by atoms with Gasteiger partial charge in [-0.25, -0.2) is 9.97 Å². The predicted octanol–water partition coefficient (Wildman–Crippen LogP) is 3.55. The third kappa shape index (κ3) is 2.20. The van der Waals surface area contributed by atoms with Gasteiger partial charge >= 0.3 is 0 Å². The summed E-state index contributed by atoms with van der Waals surface area (Å²) < 4.78 is 0. The van der Waals surface area contributed by atoms with Crippen LogP contribution in [0.5, 0.6) is 0 Å². The first-order valence-corrected chi connectivity index (χ1v) is 7.13. The van der Waals surface area contributed by atoms with Gasteiger partial charge in [0.25, 0.3) is 0 Å². The molecule has 2 heterocycles. The molecular formula is C14H20ClN3. The number of halogens is 1. The van der Waals surface area contributed by atoms with E-state index in [1.807, 2.05) is 6.92 Å². The summed E-state index contributed by atoms with van der Waals surface area (Å²) >= 11 is 6.26. The van der Waals surface area contributed by atoms with E-state index < -0.39 is 0 Å². The van der Waals surface area contributed by atoms with Gasteiger partial charge in [-0.3, -0.25) is 0 Å². The van der Waals surface area contributed by atoms with E-state index in [0.717, 1.165) is 30.3 Å². The Labute approximate surface area is 114 Å². The van der Waals surface area contributed by atoms with Gasteiger partial charge in [0.2, 0.25) is 0 Å². The average molecular weight is 266 g/mol. The van der Waals surface area contributed by atoms with Gasteiger partial charge in [-0.05, 0) is 31.6 Å². The van der Waals surface area contributed by atoms with Crippen molar-refractivity contribution >= 4 is 17.4 Å². The number of hydrogen-bond donors (Lipinski definition) is 0. The van der Waals surface area contributed by atoms with Crippen LogP contribution in [-0.4, -0.2) is 23.1 Å². The van der Waals surface area contributed by atoms with Crippen molar-refractivity contribution in [1.82, 2.24) is 9.97 Å². The third-order valence-corrected chi connectivity index (χ3v) is 4.37. The number of hydrogen-bond acceptors (Lipinski definition) is 3. The van der Waals surface area contributed by atoms with Crippen LogP contribution in [-0.2, 0) is 0 Å². The first kappa shape index (κ1) is 12.2. The van der Waals surface area contributed by atoms with Crippen LogP contribution in [0.2, 0.25) is 5.15 Å². The molecule has 1 aromatic rings.